The summed E-state index contributed by atoms with van der Waals surface area (Å²) in [4.78, 5) is 23.2. The lowest BCUT2D eigenvalue weighted by Crippen LogP contribution is -2.46. The minimum absolute atomic E-state index is 0.0160. The second-order valence-electron chi connectivity index (χ2n) is 4.80. The predicted octanol–water partition coefficient (Wildman–Crippen LogP) is 0.655. The van der Waals surface area contributed by atoms with Crippen molar-refractivity contribution >= 4 is 11.8 Å². The highest BCUT2D eigenvalue weighted by molar-refractivity contribution is 5.94. The summed E-state index contributed by atoms with van der Waals surface area (Å²) in [5.41, 5.74) is 5.65. The molecule has 110 valence electrons. The molecule has 0 heterocycles. The van der Waals surface area contributed by atoms with Gasteiger partial charge in [-0.3, -0.25) is 9.59 Å². The third-order valence-corrected chi connectivity index (χ3v) is 2.85. The molecule has 2 amide bonds. The van der Waals surface area contributed by atoms with Crippen LogP contribution in [0.3, 0.4) is 0 Å². The fraction of sp³-hybridized carbons (Fsp3) is 0.429. The van der Waals surface area contributed by atoms with Crippen LogP contribution in [0.25, 0.3) is 0 Å². The smallest absolute Gasteiger partial charge is 0.254 e. The molecule has 4 N–H and O–H groups in total. The van der Waals surface area contributed by atoms with Crippen molar-refractivity contribution in [2.45, 2.75) is 19.9 Å². The van der Waals surface area contributed by atoms with Gasteiger partial charge in [0.25, 0.3) is 5.91 Å². The number of nitrogens with one attached hydrogen (secondary N) is 2. The van der Waals surface area contributed by atoms with Gasteiger partial charge in [-0.2, -0.15) is 0 Å². The van der Waals surface area contributed by atoms with Crippen LogP contribution in [0, 0.1) is 11.7 Å². The Morgan fingerprint density at radius 1 is 1.20 bits per heavy atom. The Bertz CT molecular complexity index is 477. The van der Waals surface area contributed by atoms with Crippen LogP contribution < -0.4 is 16.4 Å². The lowest BCUT2D eigenvalue weighted by molar-refractivity contribution is -0.123. The molecule has 1 aromatic carbocycles. The number of carbonyl (C=O) groups excluding carboxylic acids is 2. The molecule has 0 radical (unpaired) electrons. The molecular weight excluding hydrogens is 261 g/mol. The Balaban J connectivity index is 2.33. The summed E-state index contributed by atoms with van der Waals surface area (Å²) >= 11 is 0. The highest BCUT2D eigenvalue weighted by atomic mass is 19.1. The van der Waals surface area contributed by atoms with Gasteiger partial charge in [0.1, 0.15) is 5.82 Å². The molecule has 0 aliphatic carbocycles. The van der Waals surface area contributed by atoms with E-state index in [4.69, 9.17) is 5.73 Å². The molecule has 0 spiro atoms. The highest BCUT2D eigenvalue weighted by Crippen LogP contribution is 2.05. The standard InChI is InChI=1S/C14H20FN3O2/c1-9(2)12(16)14(20)18-8-7-17-13(19)10-5-3-4-6-11(10)15/h3-6,9,12H,7-8,16H2,1-2H3,(H,17,19)(H,18,20)/t12-/m0/s1. The molecule has 0 saturated heterocycles. The van der Waals surface area contributed by atoms with E-state index in [0.717, 1.165) is 0 Å². The summed E-state index contributed by atoms with van der Waals surface area (Å²) in [5, 5.41) is 5.14. The van der Waals surface area contributed by atoms with Crippen molar-refractivity contribution in [2.24, 2.45) is 11.7 Å². The molecule has 1 aromatic rings. The molecule has 6 heteroatoms. The van der Waals surface area contributed by atoms with Crippen LogP contribution in [0.4, 0.5) is 4.39 Å². The maximum atomic E-state index is 13.3. The average molecular weight is 281 g/mol. The molecule has 1 rings (SSSR count). The van der Waals surface area contributed by atoms with Gasteiger partial charge in [-0.05, 0) is 18.1 Å². The van der Waals surface area contributed by atoms with E-state index >= 15 is 0 Å². The Morgan fingerprint density at radius 2 is 1.80 bits per heavy atom. The Kier molecular flexibility index (Phi) is 6.11. The number of halogens is 1. The molecule has 0 saturated carbocycles. The topological polar surface area (TPSA) is 84.2 Å². The van der Waals surface area contributed by atoms with Crippen LogP contribution in [-0.2, 0) is 4.79 Å². The van der Waals surface area contributed by atoms with E-state index in [1.54, 1.807) is 6.07 Å². The summed E-state index contributed by atoms with van der Waals surface area (Å²) in [6.45, 7) is 4.16. The highest BCUT2D eigenvalue weighted by Gasteiger charge is 2.16. The van der Waals surface area contributed by atoms with Crippen molar-refractivity contribution in [3.8, 4) is 0 Å². The van der Waals surface area contributed by atoms with Crippen molar-refractivity contribution in [3.05, 3.63) is 35.6 Å². The third kappa shape index (κ3) is 4.62. The fourth-order valence-corrected chi connectivity index (χ4v) is 1.52. The fourth-order valence-electron chi connectivity index (χ4n) is 1.52. The first-order valence-electron chi connectivity index (χ1n) is 6.49. The zero-order valence-corrected chi connectivity index (χ0v) is 11.7. The molecule has 0 unspecified atom stereocenters. The van der Waals surface area contributed by atoms with Crippen LogP contribution in [0.2, 0.25) is 0 Å². The first-order valence-corrected chi connectivity index (χ1v) is 6.49. The number of hydrogen-bond acceptors (Lipinski definition) is 3. The van der Waals surface area contributed by atoms with Gasteiger partial charge in [0.05, 0.1) is 11.6 Å². The van der Waals surface area contributed by atoms with E-state index in [1.165, 1.54) is 18.2 Å². The molecule has 1 atom stereocenters. The predicted molar refractivity (Wildman–Crippen MR) is 74.6 cm³/mol. The Morgan fingerprint density at radius 3 is 2.40 bits per heavy atom. The van der Waals surface area contributed by atoms with Gasteiger partial charge >= 0.3 is 0 Å². The quantitative estimate of drug-likeness (QED) is 0.670. The van der Waals surface area contributed by atoms with Crippen molar-refractivity contribution in [1.82, 2.24) is 10.6 Å². The summed E-state index contributed by atoms with van der Waals surface area (Å²) in [6.07, 6.45) is 0. The van der Waals surface area contributed by atoms with Crippen molar-refractivity contribution in [1.29, 1.82) is 0 Å². The summed E-state index contributed by atoms with van der Waals surface area (Å²) in [5.74, 6) is -1.30. The monoisotopic (exact) mass is 281 g/mol. The van der Waals surface area contributed by atoms with Crippen molar-refractivity contribution in [3.63, 3.8) is 0 Å². The lowest BCUT2D eigenvalue weighted by atomic mass is 10.1. The van der Waals surface area contributed by atoms with E-state index in [-0.39, 0.29) is 30.5 Å². The molecule has 0 aliphatic heterocycles. The molecule has 5 nitrogen and oxygen atoms in total. The van der Waals surface area contributed by atoms with Gasteiger partial charge in [-0.1, -0.05) is 26.0 Å². The van der Waals surface area contributed by atoms with Crippen LogP contribution in [0.5, 0.6) is 0 Å². The number of amides is 2. The molecule has 0 bridgehead atoms. The minimum atomic E-state index is -0.573. The summed E-state index contributed by atoms with van der Waals surface area (Å²) < 4.78 is 13.3. The molecule has 20 heavy (non-hydrogen) atoms. The van der Waals surface area contributed by atoms with Gasteiger partial charge in [0, 0.05) is 13.1 Å². The number of benzene rings is 1. The molecule has 0 aliphatic rings. The minimum Gasteiger partial charge on any atom is -0.353 e. The number of carbonyl (C=O) groups is 2. The second-order valence-corrected chi connectivity index (χ2v) is 4.80. The van der Waals surface area contributed by atoms with Crippen molar-refractivity contribution in [2.75, 3.05) is 13.1 Å². The molecular formula is C14H20FN3O2. The zero-order valence-electron chi connectivity index (χ0n) is 11.7. The first-order chi connectivity index (χ1) is 9.43. The van der Waals surface area contributed by atoms with Crippen molar-refractivity contribution < 1.29 is 14.0 Å². The number of nitrogens with two attached hydrogens (primary N) is 1. The third-order valence-electron chi connectivity index (χ3n) is 2.85. The largest absolute Gasteiger partial charge is 0.353 e. The van der Waals surface area contributed by atoms with Gasteiger partial charge < -0.3 is 16.4 Å². The maximum absolute atomic E-state index is 13.3. The summed E-state index contributed by atoms with van der Waals surface area (Å²) in [6, 6.07) is 5.15. The van der Waals surface area contributed by atoms with E-state index in [9.17, 15) is 14.0 Å². The molecule has 0 fully saturated rings. The summed E-state index contributed by atoms with van der Waals surface area (Å²) in [7, 11) is 0. The number of rotatable bonds is 6. The van der Waals surface area contributed by atoms with Crippen LogP contribution in [-0.4, -0.2) is 30.9 Å². The van der Waals surface area contributed by atoms with Crippen LogP contribution in [0.1, 0.15) is 24.2 Å². The zero-order chi connectivity index (χ0) is 15.1. The second kappa shape index (κ2) is 7.59. The van der Waals surface area contributed by atoms with E-state index in [0.29, 0.717) is 0 Å². The Hall–Kier alpha value is -1.95. The van der Waals surface area contributed by atoms with E-state index in [1.807, 2.05) is 13.8 Å². The van der Waals surface area contributed by atoms with Gasteiger partial charge in [-0.25, -0.2) is 4.39 Å². The van der Waals surface area contributed by atoms with Gasteiger partial charge in [0.2, 0.25) is 5.91 Å². The van der Waals surface area contributed by atoms with Gasteiger partial charge in [-0.15, -0.1) is 0 Å². The first kappa shape index (κ1) is 16.1. The number of hydrogen-bond donors (Lipinski definition) is 3. The molecule has 0 aromatic heterocycles. The normalized spacial score (nSPS) is 12.1. The SMILES string of the molecule is CC(C)[C@H](N)C(=O)NCCNC(=O)c1ccccc1F. The average Bonchev–Trinajstić information content (AvgIpc) is 2.42. The Labute approximate surface area is 117 Å². The van der Waals surface area contributed by atoms with E-state index < -0.39 is 17.8 Å². The van der Waals surface area contributed by atoms with Crippen LogP contribution in [0.15, 0.2) is 24.3 Å². The maximum Gasteiger partial charge on any atom is 0.254 e. The van der Waals surface area contributed by atoms with Crippen LogP contribution >= 0.6 is 0 Å². The van der Waals surface area contributed by atoms with Gasteiger partial charge in [0.15, 0.2) is 0 Å². The lowest BCUT2D eigenvalue weighted by Gasteiger charge is -2.15. The van der Waals surface area contributed by atoms with E-state index in [2.05, 4.69) is 10.6 Å².